The Morgan fingerprint density at radius 3 is 2.05 bits per heavy atom. The first-order chi connectivity index (χ1) is 9.11. The molecule has 0 radical (unpaired) electrons. The van der Waals surface area contributed by atoms with Crippen molar-refractivity contribution in [1.82, 2.24) is 4.98 Å². The Morgan fingerprint density at radius 2 is 1.63 bits per heavy atom. The minimum absolute atomic E-state index is 0.358. The molecule has 0 saturated heterocycles. The van der Waals surface area contributed by atoms with Gasteiger partial charge in [0.05, 0.1) is 5.69 Å². The van der Waals surface area contributed by atoms with Crippen LogP contribution in [0, 0.1) is 24.7 Å². The Hall–Kier alpha value is -0.960. The zero-order valence-corrected chi connectivity index (χ0v) is 11.8. The third-order valence-electron chi connectivity index (χ3n) is 6.13. The third kappa shape index (κ3) is 1.54. The summed E-state index contributed by atoms with van der Waals surface area (Å²) in [7, 11) is 0. The lowest BCUT2D eigenvalue weighted by molar-refractivity contribution is -0.00665. The fourth-order valence-electron chi connectivity index (χ4n) is 5.78. The van der Waals surface area contributed by atoms with Crippen LogP contribution in [0.4, 0.5) is 5.69 Å². The van der Waals surface area contributed by atoms with Crippen molar-refractivity contribution in [2.45, 2.75) is 57.4 Å². The predicted octanol–water partition coefficient (Wildman–Crippen LogP) is 2.83. The molecule has 0 amide bonds. The molecule has 5 rings (SSSR count). The maximum absolute atomic E-state index is 6.42. The molecule has 4 bridgehead atoms. The van der Waals surface area contributed by atoms with Gasteiger partial charge in [0.15, 0.2) is 0 Å². The Balaban J connectivity index is 1.79. The van der Waals surface area contributed by atoms with Gasteiger partial charge < -0.3 is 16.5 Å². The summed E-state index contributed by atoms with van der Waals surface area (Å²) in [6, 6.07) is 0. The Morgan fingerprint density at radius 1 is 1.11 bits per heavy atom. The summed E-state index contributed by atoms with van der Waals surface area (Å²) in [5, 5.41) is 0. The van der Waals surface area contributed by atoms with Gasteiger partial charge in [-0.1, -0.05) is 0 Å². The lowest BCUT2D eigenvalue weighted by Crippen LogP contribution is -2.49. The van der Waals surface area contributed by atoms with Gasteiger partial charge in [-0.25, -0.2) is 0 Å². The predicted molar refractivity (Wildman–Crippen MR) is 77.7 cm³/mol. The van der Waals surface area contributed by atoms with Crippen LogP contribution in [0.5, 0.6) is 0 Å². The molecule has 5 N–H and O–H groups in total. The number of hydrogen-bond acceptors (Lipinski definition) is 2. The van der Waals surface area contributed by atoms with Crippen LogP contribution in [-0.2, 0) is 12.0 Å². The second-order valence-electron chi connectivity index (χ2n) is 7.42. The van der Waals surface area contributed by atoms with E-state index in [0.29, 0.717) is 12.0 Å². The molecule has 1 heterocycles. The quantitative estimate of drug-likeness (QED) is 0.764. The van der Waals surface area contributed by atoms with Crippen molar-refractivity contribution in [3.05, 3.63) is 17.0 Å². The van der Waals surface area contributed by atoms with Crippen LogP contribution in [-0.4, -0.2) is 4.98 Å². The molecule has 104 valence electrons. The van der Waals surface area contributed by atoms with E-state index in [1.807, 2.05) is 0 Å². The van der Waals surface area contributed by atoms with E-state index in [0.717, 1.165) is 29.0 Å². The zero-order chi connectivity index (χ0) is 13.2. The summed E-state index contributed by atoms with van der Waals surface area (Å²) in [5.74, 6) is 2.86. The number of nitrogen functional groups attached to an aromatic ring is 1. The van der Waals surface area contributed by atoms with Gasteiger partial charge in [-0.05, 0) is 63.2 Å². The monoisotopic (exact) mass is 259 g/mol. The lowest BCUT2D eigenvalue weighted by Gasteiger charge is -2.56. The SMILES string of the molecule is Cc1[nH]c(C23CC4CC(CC(C4)C2)C3)c(N)c1CN. The van der Waals surface area contributed by atoms with Gasteiger partial charge >= 0.3 is 0 Å². The smallest absolute Gasteiger partial charge is 0.0579 e. The summed E-state index contributed by atoms with van der Waals surface area (Å²) < 4.78 is 0. The number of H-pyrrole nitrogens is 1. The third-order valence-corrected chi connectivity index (χ3v) is 6.13. The first kappa shape index (κ1) is 11.8. The van der Waals surface area contributed by atoms with Crippen LogP contribution < -0.4 is 11.5 Å². The van der Waals surface area contributed by atoms with Crippen LogP contribution in [0.25, 0.3) is 0 Å². The number of rotatable bonds is 2. The number of aryl methyl sites for hydroxylation is 1. The van der Waals surface area contributed by atoms with Gasteiger partial charge in [0.1, 0.15) is 0 Å². The average molecular weight is 259 g/mol. The molecule has 4 aliphatic carbocycles. The summed E-state index contributed by atoms with van der Waals surface area (Å²) in [6.07, 6.45) is 8.49. The van der Waals surface area contributed by atoms with Crippen LogP contribution in [0.1, 0.15) is 55.5 Å². The fourth-order valence-corrected chi connectivity index (χ4v) is 5.78. The van der Waals surface area contributed by atoms with E-state index in [1.165, 1.54) is 49.9 Å². The van der Waals surface area contributed by atoms with E-state index in [9.17, 15) is 0 Å². The molecule has 3 nitrogen and oxygen atoms in total. The van der Waals surface area contributed by atoms with Crippen molar-refractivity contribution < 1.29 is 0 Å². The average Bonchev–Trinajstić information content (AvgIpc) is 2.63. The first-order valence-corrected chi connectivity index (χ1v) is 7.79. The number of anilines is 1. The van der Waals surface area contributed by atoms with Crippen LogP contribution >= 0.6 is 0 Å². The number of aromatic amines is 1. The van der Waals surface area contributed by atoms with Gasteiger partial charge in [-0.15, -0.1) is 0 Å². The van der Waals surface area contributed by atoms with Crippen molar-refractivity contribution >= 4 is 5.69 Å². The van der Waals surface area contributed by atoms with Crippen molar-refractivity contribution in [3.8, 4) is 0 Å². The number of nitrogens with one attached hydrogen (secondary N) is 1. The molecule has 0 aliphatic heterocycles. The first-order valence-electron chi connectivity index (χ1n) is 7.79. The molecule has 1 aromatic rings. The Kier molecular flexibility index (Phi) is 2.36. The van der Waals surface area contributed by atoms with E-state index >= 15 is 0 Å². The normalized spacial score (nSPS) is 40.0. The van der Waals surface area contributed by atoms with E-state index in [1.54, 1.807) is 0 Å². The van der Waals surface area contributed by atoms with E-state index < -0.39 is 0 Å². The second kappa shape index (κ2) is 3.78. The lowest BCUT2D eigenvalue weighted by atomic mass is 9.48. The van der Waals surface area contributed by atoms with E-state index in [4.69, 9.17) is 11.5 Å². The largest absolute Gasteiger partial charge is 0.397 e. The highest BCUT2D eigenvalue weighted by Gasteiger charge is 2.53. The molecule has 0 atom stereocenters. The highest BCUT2D eigenvalue weighted by atomic mass is 14.8. The molecule has 4 saturated carbocycles. The van der Waals surface area contributed by atoms with Gasteiger partial charge in [-0.3, -0.25) is 0 Å². The van der Waals surface area contributed by atoms with Crippen molar-refractivity contribution in [3.63, 3.8) is 0 Å². The highest BCUT2D eigenvalue weighted by Crippen LogP contribution is 2.61. The maximum atomic E-state index is 6.42. The molecule has 1 aromatic heterocycles. The van der Waals surface area contributed by atoms with Crippen molar-refractivity contribution in [1.29, 1.82) is 0 Å². The summed E-state index contributed by atoms with van der Waals surface area (Å²) in [4.78, 5) is 3.62. The molecule has 0 spiro atoms. The highest BCUT2D eigenvalue weighted by molar-refractivity contribution is 5.58. The van der Waals surface area contributed by atoms with Crippen LogP contribution in [0.3, 0.4) is 0 Å². The standard InChI is InChI=1S/C16H25N3/c1-9-13(8-17)14(18)15(19-9)16-5-10-2-11(6-16)4-12(3-10)7-16/h10-12,19H,2-8,17-18H2,1H3. The van der Waals surface area contributed by atoms with Gasteiger partial charge in [-0.2, -0.15) is 0 Å². The van der Waals surface area contributed by atoms with E-state index in [2.05, 4.69) is 11.9 Å². The number of aromatic nitrogens is 1. The topological polar surface area (TPSA) is 67.8 Å². The molecule has 19 heavy (non-hydrogen) atoms. The maximum Gasteiger partial charge on any atom is 0.0579 e. The van der Waals surface area contributed by atoms with E-state index in [-0.39, 0.29) is 0 Å². The second-order valence-corrected chi connectivity index (χ2v) is 7.42. The van der Waals surface area contributed by atoms with Gasteiger partial charge in [0.2, 0.25) is 0 Å². The molecule has 3 heteroatoms. The molecule has 4 aliphatic rings. The summed E-state index contributed by atoms with van der Waals surface area (Å²) >= 11 is 0. The Bertz CT molecular complexity index is 479. The minimum Gasteiger partial charge on any atom is -0.397 e. The molecular formula is C16H25N3. The Labute approximate surface area is 115 Å². The number of nitrogens with two attached hydrogens (primary N) is 2. The zero-order valence-electron chi connectivity index (χ0n) is 11.8. The minimum atomic E-state index is 0.358. The van der Waals surface area contributed by atoms with Gasteiger partial charge in [0.25, 0.3) is 0 Å². The summed E-state index contributed by atoms with van der Waals surface area (Å²) in [5.41, 5.74) is 17.3. The van der Waals surface area contributed by atoms with Crippen LogP contribution in [0.15, 0.2) is 0 Å². The molecular weight excluding hydrogens is 234 g/mol. The van der Waals surface area contributed by atoms with Crippen molar-refractivity contribution in [2.24, 2.45) is 23.5 Å². The fraction of sp³-hybridized carbons (Fsp3) is 0.750. The molecule has 4 fully saturated rings. The van der Waals surface area contributed by atoms with Crippen molar-refractivity contribution in [2.75, 3.05) is 5.73 Å². The molecule has 0 aromatic carbocycles. The summed E-state index contributed by atoms with van der Waals surface area (Å²) in [6.45, 7) is 2.67. The number of hydrogen-bond donors (Lipinski definition) is 3. The van der Waals surface area contributed by atoms with Gasteiger partial charge in [0, 0.05) is 28.9 Å². The van der Waals surface area contributed by atoms with Crippen LogP contribution in [0.2, 0.25) is 0 Å². The molecule has 0 unspecified atom stereocenters.